The van der Waals surface area contributed by atoms with Gasteiger partial charge in [0, 0.05) is 0 Å². The van der Waals surface area contributed by atoms with Crippen LogP contribution in [0.2, 0.25) is 0 Å². The number of aliphatic carboxylic acids is 1. The van der Waals surface area contributed by atoms with Crippen molar-refractivity contribution in [2.45, 2.75) is 32.0 Å². The highest BCUT2D eigenvalue weighted by Crippen LogP contribution is 2.32. The van der Waals surface area contributed by atoms with Gasteiger partial charge in [-0.2, -0.15) is 0 Å². The molecule has 80 valence electrons. The number of carboxylic acid groups (broad SMARTS) is 1. The molecule has 1 heterocycles. The summed E-state index contributed by atoms with van der Waals surface area (Å²) in [6.07, 6.45) is 0.718. The van der Waals surface area contributed by atoms with Crippen molar-refractivity contribution in [3.05, 3.63) is 35.4 Å². The first-order valence-corrected chi connectivity index (χ1v) is 5.11. The van der Waals surface area contributed by atoms with Gasteiger partial charge in [0.25, 0.3) is 0 Å². The second kappa shape index (κ2) is 4.03. The SMILES string of the molecule is Cc1cccc(C2CCC(C(=O)O)O2)c1. The molecule has 1 aliphatic heterocycles. The lowest BCUT2D eigenvalue weighted by molar-refractivity contribution is -0.149. The van der Waals surface area contributed by atoms with Gasteiger partial charge in [0.1, 0.15) is 0 Å². The van der Waals surface area contributed by atoms with E-state index in [-0.39, 0.29) is 6.10 Å². The van der Waals surface area contributed by atoms with Crippen LogP contribution < -0.4 is 0 Å². The van der Waals surface area contributed by atoms with Crippen molar-refractivity contribution in [3.63, 3.8) is 0 Å². The smallest absolute Gasteiger partial charge is 0.332 e. The monoisotopic (exact) mass is 206 g/mol. The third kappa shape index (κ3) is 2.18. The van der Waals surface area contributed by atoms with Crippen LogP contribution in [-0.4, -0.2) is 17.2 Å². The highest BCUT2D eigenvalue weighted by molar-refractivity contribution is 5.72. The summed E-state index contributed by atoms with van der Waals surface area (Å²) in [5.41, 5.74) is 2.26. The lowest BCUT2D eigenvalue weighted by atomic mass is 10.0. The van der Waals surface area contributed by atoms with Crippen LogP contribution in [0.3, 0.4) is 0 Å². The Morgan fingerprint density at radius 3 is 2.87 bits per heavy atom. The summed E-state index contributed by atoms with van der Waals surface area (Å²) in [6.45, 7) is 2.02. The molecular formula is C12H14O3. The Morgan fingerprint density at radius 1 is 1.47 bits per heavy atom. The normalized spacial score (nSPS) is 25.4. The van der Waals surface area contributed by atoms with Crippen molar-refractivity contribution in [1.82, 2.24) is 0 Å². The Morgan fingerprint density at radius 2 is 2.27 bits per heavy atom. The van der Waals surface area contributed by atoms with E-state index in [4.69, 9.17) is 9.84 Å². The number of aryl methyl sites for hydroxylation is 1. The lowest BCUT2D eigenvalue weighted by Crippen LogP contribution is -2.18. The number of hydrogen-bond acceptors (Lipinski definition) is 2. The minimum absolute atomic E-state index is 0.0500. The van der Waals surface area contributed by atoms with Gasteiger partial charge in [0.05, 0.1) is 6.10 Å². The van der Waals surface area contributed by atoms with E-state index in [1.54, 1.807) is 0 Å². The topological polar surface area (TPSA) is 46.5 Å². The molecule has 2 atom stereocenters. The number of carbonyl (C=O) groups is 1. The average molecular weight is 206 g/mol. The first-order valence-electron chi connectivity index (χ1n) is 5.11. The van der Waals surface area contributed by atoms with E-state index in [0.29, 0.717) is 6.42 Å². The molecule has 0 aliphatic carbocycles. The van der Waals surface area contributed by atoms with Crippen molar-refractivity contribution in [2.24, 2.45) is 0 Å². The summed E-state index contributed by atoms with van der Waals surface area (Å²) in [6, 6.07) is 8.03. The molecule has 1 aliphatic rings. The van der Waals surface area contributed by atoms with Crippen molar-refractivity contribution in [3.8, 4) is 0 Å². The molecule has 1 aromatic carbocycles. The Labute approximate surface area is 88.7 Å². The van der Waals surface area contributed by atoms with Crippen molar-refractivity contribution >= 4 is 5.97 Å². The molecule has 1 N–H and O–H groups in total. The van der Waals surface area contributed by atoms with Gasteiger partial charge in [-0.05, 0) is 25.3 Å². The van der Waals surface area contributed by atoms with Gasteiger partial charge in [0.15, 0.2) is 6.10 Å². The molecule has 1 aromatic rings. The Balaban J connectivity index is 2.11. The molecule has 2 rings (SSSR count). The van der Waals surface area contributed by atoms with Crippen LogP contribution in [-0.2, 0) is 9.53 Å². The maximum absolute atomic E-state index is 10.7. The minimum Gasteiger partial charge on any atom is -0.479 e. The molecule has 3 heteroatoms. The summed E-state index contributed by atoms with van der Waals surface area (Å²) in [7, 11) is 0. The predicted molar refractivity (Wildman–Crippen MR) is 55.7 cm³/mol. The number of rotatable bonds is 2. The van der Waals surface area contributed by atoms with Gasteiger partial charge in [-0.25, -0.2) is 4.79 Å². The van der Waals surface area contributed by atoms with Crippen LogP contribution in [0.25, 0.3) is 0 Å². The predicted octanol–water partition coefficient (Wildman–Crippen LogP) is 2.30. The van der Waals surface area contributed by atoms with Crippen molar-refractivity contribution in [1.29, 1.82) is 0 Å². The summed E-state index contributed by atoms with van der Waals surface area (Å²) < 4.78 is 5.46. The summed E-state index contributed by atoms with van der Waals surface area (Å²) >= 11 is 0. The molecule has 3 nitrogen and oxygen atoms in total. The second-order valence-electron chi connectivity index (χ2n) is 3.94. The maximum atomic E-state index is 10.7. The van der Waals surface area contributed by atoms with Crippen LogP contribution in [0.4, 0.5) is 0 Å². The van der Waals surface area contributed by atoms with Crippen LogP contribution in [0.15, 0.2) is 24.3 Å². The zero-order valence-corrected chi connectivity index (χ0v) is 8.64. The number of ether oxygens (including phenoxy) is 1. The Hall–Kier alpha value is -1.35. The van der Waals surface area contributed by atoms with Crippen LogP contribution >= 0.6 is 0 Å². The van der Waals surface area contributed by atoms with E-state index in [2.05, 4.69) is 6.07 Å². The highest BCUT2D eigenvalue weighted by Gasteiger charge is 2.31. The molecule has 0 aromatic heterocycles. The number of benzene rings is 1. The quantitative estimate of drug-likeness (QED) is 0.807. The highest BCUT2D eigenvalue weighted by atomic mass is 16.5. The second-order valence-corrected chi connectivity index (χ2v) is 3.94. The lowest BCUT2D eigenvalue weighted by Gasteiger charge is -2.11. The van der Waals surface area contributed by atoms with E-state index in [9.17, 15) is 4.79 Å². The Kier molecular flexibility index (Phi) is 2.73. The summed E-state index contributed by atoms with van der Waals surface area (Å²) in [4.78, 5) is 10.7. The Bertz CT molecular complexity index is 373. The molecule has 0 radical (unpaired) electrons. The maximum Gasteiger partial charge on any atom is 0.332 e. The van der Waals surface area contributed by atoms with Gasteiger partial charge in [0.2, 0.25) is 0 Å². The van der Waals surface area contributed by atoms with Gasteiger partial charge in [-0.1, -0.05) is 29.8 Å². The molecule has 15 heavy (non-hydrogen) atoms. The van der Waals surface area contributed by atoms with Crippen LogP contribution in [0, 0.1) is 6.92 Å². The molecule has 2 unspecified atom stereocenters. The zero-order valence-electron chi connectivity index (χ0n) is 8.64. The van der Waals surface area contributed by atoms with Crippen LogP contribution in [0.5, 0.6) is 0 Å². The molecule has 0 amide bonds. The van der Waals surface area contributed by atoms with Crippen LogP contribution in [0.1, 0.15) is 30.1 Å². The van der Waals surface area contributed by atoms with Crippen molar-refractivity contribution < 1.29 is 14.6 Å². The third-order valence-corrected chi connectivity index (χ3v) is 2.71. The van der Waals surface area contributed by atoms with Gasteiger partial charge < -0.3 is 9.84 Å². The van der Waals surface area contributed by atoms with Gasteiger partial charge in [-0.15, -0.1) is 0 Å². The molecule has 1 saturated heterocycles. The fraction of sp³-hybridized carbons (Fsp3) is 0.417. The fourth-order valence-electron chi connectivity index (χ4n) is 1.93. The van der Waals surface area contributed by atoms with Gasteiger partial charge in [-0.3, -0.25) is 0 Å². The van der Waals surface area contributed by atoms with E-state index < -0.39 is 12.1 Å². The van der Waals surface area contributed by atoms with E-state index in [1.807, 2.05) is 25.1 Å². The number of hydrogen-bond donors (Lipinski definition) is 1. The molecule has 0 spiro atoms. The first kappa shape index (κ1) is 10.2. The zero-order chi connectivity index (χ0) is 10.8. The van der Waals surface area contributed by atoms with Gasteiger partial charge >= 0.3 is 5.97 Å². The standard InChI is InChI=1S/C12H14O3/c1-8-3-2-4-9(7-8)10-5-6-11(15-10)12(13)14/h2-4,7,10-11H,5-6H2,1H3,(H,13,14). The number of carboxylic acids is 1. The minimum atomic E-state index is -0.856. The fourth-order valence-corrected chi connectivity index (χ4v) is 1.93. The molecular weight excluding hydrogens is 192 g/mol. The third-order valence-electron chi connectivity index (χ3n) is 2.71. The van der Waals surface area contributed by atoms with E-state index >= 15 is 0 Å². The molecule has 0 bridgehead atoms. The summed E-state index contributed by atoms with van der Waals surface area (Å²) in [5, 5.41) is 8.81. The van der Waals surface area contributed by atoms with E-state index in [0.717, 1.165) is 12.0 Å². The molecule has 1 fully saturated rings. The average Bonchev–Trinajstić information content (AvgIpc) is 2.66. The molecule has 0 saturated carbocycles. The van der Waals surface area contributed by atoms with Crippen molar-refractivity contribution in [2.75, 3.05) is 0 Å². The summed E-state index contributed by atoms with van der Waals surface area (Å²) in [5.74, 6) is -0.856. The first-order chi connectivity index (χ1) is 7.16. The van der Waals surface area contributed by atoms with E-state index in [1.165, 1.54) is 5.56 Å². The largest absolute Gasteiger partial charge is 0.479 e.